The first-order chi connectivity index (χ1) is 18.2. The maximum absolute atomic E-state index is 13.3. The summed E-state index contributed by atoms with van der Waals surface area (Å²) in [6, 6.07) is 19.7. The Labute approximate surface area is 223 Å². The number of carbonyl (C=O) groups excluding carboxylic acids is 1. The molecule has 0 heterocycles. The van der Waals surface area contributed by atoms with Crippen LogP contribution in [0.2, 0.25) is 0 Å². The minimum Gasteiger partial charge on any atom is -0.507 e. The standard InChI is InChI=1S/C33H37F3O2/c1-3-5-23-9-13-25(14-10-23)27-17-19-28(20-18-27)26-15-11-24(12-16-26)6-4-7-30(37)29-21-8-22(2)31(32(29)38)33(34,35)36/h8,11-12,15-21,23,25,38H,3-7,9-10,13-14H2,1-2H3. The van der Waals surface area contributed by atoms with Gasteiger partial charge in [-0.1, -0.05) is 74.4 Å². The van der Waals surface area contributed by atoms with Crippen molar-refractivity contribution in [3.63, 3.8) is 0 Å². The number of halogens is 3. The number of rotatable bonds is 9. The van der Waals surface area contributed by atoms with Gasteiger partial charge >= 0.3 is 6.18 Å². The van der Waals surface area contributed by atoms with Gasteiger partial charge in [0.2, 0.25) is 0 Å². The normalized spacial score (nSPS) is 17.9. The van der Waals surface area contributed by atoms with Crippen molar-refractivity contribution in [2.24, 2.45) is 5.92 Å². The number of alkyl halides is 3. The molecule has 0 unspecified atom stereocenters. The fourth-order valence-corrected chi connectivity index (χ4v) is 5.87. The van der Waals surface area contributed by atoms with Gasteiger partial charge in [-0.2, -0.15) is 13.2 Å². The second-order valence-electron chi connectivity index (χ2n) is 10.8. The largest absolute Gasteiger partial charge is 0.507 e. The molecule has 1 saturated carbocycles. The monoisotopic (exact) mass is 522 g/mol. The van der Waals surface area contributed by atoms with Crippen LogP contribution in [-0.4, -0.2) is 10.9 Å². The van der Waals surface area contributed by atoms with Crippen molar-refractivity contribution in [2.45, 2.75) is 83.7 Å². The molecule has 1 aliphatic rings. The van der Waals surface area contributed by atoms with E-state index >= 15 is 0 Å². The molecule has 3 aromatic rings. The zero-order chi connectivity index (χ0) is 27.3. The van der Waals surface area contributed by atoms with Crippen LogP contribution in [0.4, 0.5) is 13.2 Å². The first-order valence-electron chi connectivity index (χ1n) is 13.8. The average molecular weight is 523 g/mol. The Morgan fingerprint density at radius 1 is 0.895 bits per heavy atom. The highest BCUT2D eigenvalue weighted by atomic mass is 19.4. The number of phenolic OH excluding ortho intramolecular Hbond substituents is 1. The van der Waals surface area contributed by atoms with E-state index in [1.54, 1.807) is 0 Å². The third kappa shape index (κ3) is 6.67. The number of aromatic hydroxyl groups is 1. The molecule has 0 aliphatic heterocycles. The maximum Gasteiger partial charge on any atom is 0.420 e. The number of benzene rings is 3. The van der Waals surface area contributed by atoms with E-state index < -0.39 is 23.3 Å². The van der Waals surface area contributed by atoms with Crippen LogP contribution in [0.1, 0.15) is 96.8 Å². The summed E-state index contributed by atoms with van der Waals surface area (Å²) < 4.78 is 39.8. The molecular weight excluding hydrogens is 485 g/mol. The maximum atomic E-state index is 13.3. The highest BCUT2D eigenvalue weighted by Gasteiger charge is 2.37. The Morgan fingerprint density at radius 2 is 1.50 bits per heavy atom. The van der Waals surface area contributed by atoms with Crippen LogP contribution in [0.5, 0.6) is 5.75 Å². The molecule has 2 nitrogen and oxygen atoms in total. The quantitative estimate of drug-likeness (QED) is 0.284. The second kappa shape index (κ2) is 12.2. The molecule has 5 heteroatoms. The predicted molar refractivity (Wildman–Crippen MR) is 147 cm³/mol. The van der Waals surface area contributed by atoms with Gasteiger partial charge in [-0.3, -0.25) is 4.79 Å². The number of hydrogen-bond acceptors (Lipinski definition) is 2. The van der Waals surface area contributed by atoms with Gasteiger partial charge in [0.25, 0.3) is 0 Å². The summed E-state index contributed by atoms with van der Waals surface area (Å²) in [7, 11) is 0. The van der Waals surface area contributed by atoms with Gasteiger partial charge in [0.1, 0.15) is 11.3 Å². The Bertz CT molecular complexity index is 1220. The molecule has 1 fully saturated rings. The summed E-state index contributed by atoms with van der Waals surface area (Å²) in [4.78, 5) is 12.5. The molecule has 202 valence electrons. The fraction of sp³-hybridized carbons (Fsp3) is 0.424. The van der Waals surface area contributed by atoms with Crippen molar-refractivity contribution in [1.29, 1.82) is 0 Å². The molecule has 0 aromatic heterocycles. The molecular formula is C33H37F3O2. The van der Waals surface area contributed by atoms with Crippen LogP contribution in [-0.2, 0) is 12.6 Å². The van der Waals surface area contributed by atoms with Crippen LogP contribution < -0.4 is 0 Å². The summed E-state index contributed by atoms with van der Waals surface area (Å²) in [6.45, 7) is 3.55. The lowest BCUT2D eigenvalue weighted by atomic mass is 9.77. The van der Waals surface area contributed by atoms with E-state index in [1.807, 2.05) is 12.1 Å². The molecule has 0 amide bonds. The van der Waals surface area contributed by atoms with Gasteiger partial charge < -0.3 is 5.11 Å². The van der Waals surface area contributed by atoms with Gasteiger partial charge in [-0.25, -0.2) is 0 Å². The smallest absolute Gasteiger partial charge is 0.420 e. The minimum atomic E-state index is -4.71. The molecule has 0 bridgehead atoms. The highest BCUT2D eigenvalue weighted by Crippen LogP contribution is 2.40. The summed E-state index contributed by atoms with van der Waals surface area (Å²) in [5.74, 6) is 0.124. The highest BCUT2D eigenvalue weighted by molar-refractivity contribution is 5.99. The van der Waals surface area contributed by atoms with Gasteiger partial charge in [-0.15, -0.1) is 0 Å². The molecule has 4 rings (SSSR count). The van der Waals surface area contributed by atoms with Crippen molar-refractivity contribution >= 4 is 5.78 Å². The fourth-order valence-electron chi connectivity index (χ4n) is 5.87. The molecule has 1 aliphatic carbocycles. The van der Waals surface area contributed by atoms with Crippen molar-refractivity contribution in [3.8, 4) is 16.9 Å². The molecule has 0 radical (unpaired) electrons. The Balaban J connectivity index is 1.31. The molecule has 0 saturated heterocycles. The van der Waals surface area contributed by atoms with Crippen molar-refractivity contribution < 1.29 is 23.1 Å². The molecule has 0 spiro atoms. The van der Waals surface area contributed by atoms with Crippen molar-refractivity contribution in [2.75, 3.05) is 0 Å². The lowest BCUT2D eigenvalue weighted by Gasteiger charge is -2.28. The SMILES string of the molecule is CCCC1CCC(c2ccc(-c3ccc(CCCC(=O)c4ccc(C)c(C(F)(F)F)c4O)cc3)cc2)CC1. The Morgan fingerprint density at radius 3 is 2.08 bits per heavy atom. The summed E-state index contributed by atoms with van der Waals surface area (Å²) in [5, 5.41) is 10.1. The number of hydrogen-bond donors (Lipinski definition) is 1. The zero-order valence-electron chi connectivity index (χ0n) is 22.3. The lowest BCUT2D eigenvalue weighted by molar-refractivity contribution is -0.139. The van der Waals surface area contributed by atoms with E-state index in [-0.39, 0.29) is 17.5 Å². The Kier molecular flexibility index (Phi) is 8.96. The van der Waals surface area contributed by atoms with E-state index in [0.717, 1.165) is 17.0 Å². The zero-order valence-corrected chi connectivity index (χ0v) is 22.3. The topological polar surface area (TPSA) is 37.3 Å². The van der Waals surface area contributed by atoms with Crippen LogP contribution in [0.15, 0.2) is 60.7 Å². The van der Waals surface area contributed by atoms with E-state index in [9.17, 15) is 23.1 Å². The van der Waals surface area contributed by atoms with Gasteiger partial charge in [0.15, 0.2) is 5.78 Å². The number of Topliss-reactive ketones (excluding diaryl/α,β-unsaturated/α-hetero) is 1. The molecule has 1 N–H and O–H groups in total. The summed E-state index contributed by atoms with van der Waals surface area (Å²) in [6.07, 6.45) is 4.37. The van der Waals surface area contributed by atoms with Crippen molar-refractivity contribution in [3.05, 3.63) is 88.5 Å². The lowest BCUT2D eigenvalue weighted by Crippen LogP contribution is -2.13. The number of carbonyl (C=O) groups is 1. The van der Waals surface area contributed by atoms with Gasteiger partial charge in [0.05, 0.1) is 5.56 Å². The van der Waals surface area contributed by atoms with Gasteiger partial charge in [0, 0.05) is 6.42 Å². The third-order valence-electron chi connectivity index (χ3n) is 8.05. The second-order valence-corrected chi connectivity index (χ2v) is 10.8. The van der Waals surface area contributed by atoms with Crippen LogP contribution in [0.25, 0.3) is 11.1 Å². The molecule has 38 heavy (non-hydrogen) atoms. The van der Waals surface area contributed by atoms with E-state index in [2.05, 4.69) is 43.3 Å². The summed E-state index contributed by atoms with van der Waals surface area (Å²) >= 11 is 0. The van der Waals surface area contributed by atoms with Crippen LogP contribution >= 0.6 is 0 Å². The Hall–Kier alpha value is -3.08. The van der Waals surface area contributed by atoms with Gasteiger partial charge in [-0.05, 0) is 91.2 Å². The van der Waals surface area contributed by atoms with Crippen LogP contribution in [0.3, 0.4) is 0 Å². The van der Waals surface area contributed by atoms with E-state index in [0.29, 0.717) is 18.8 Å². The first-order valence-corrected chi connectivity index (χ1v) is 13.8. The predicted octanol–water partition coefficient (Wildman–Crippen LogP) is 9.67. The number of ketones is 1. The number of phenols is 1. The molecule has 3 aromatic carbocycles. The summed E-state index contributed by atoms with van der Waals surface area (Å²) in [5.41, 5.74) is 3.30. The minimum absolute atomic E-state index is 0.0670. The van der Waals surface area contributed by atoms with E-state index in [4.69, 9.17) is 0 Å². The first kappa shape index (κ1) is 27.9. The molecule has 0 atom stereocenters. The van der Waals surface area contributed by atoms with E-state index in [1.165, 1.54) is 68.7 Å². The van der Waals surface area contributed by atoms with Crippen LogP contribution in [0, 0.1) is 12.8 Å². The number of aryl methyl sites for hydroxylation is 2. The third-order valence-corrected chi connectivity index (χ3v) is 8.05. The van der Waals surface area contributed by atoms with Crippen molar-refractivity contribution in [1.82, 2.24) is 0 Å². The average Bonchev–Trinajstić information content (AvgIpc) is 2.89.